The van der Waals surface area contributed by atoms with Crippen LogP contribution in [-0.2, 0) is 0 Å². The summed E-state index contributed by atoms with van der Waals surface area (Å²) in [6.45, 7) is 3.99. The number of hydrogen-bond donors (Lipinski definition) is 2. The van der Waals surface area contributed by atoms with Crippen molar-refractivity contribution >= 4 is 23.1 Å². The maximum Gasteiger partial charge on any atom is 0.255 e. The summed E-state index contributed by atoms with van der Waals surface area (Å²) in [5, 5.41) is 6.11. The molecule has 1 amide bonds. The molecule has 0 bridgehead atoms. The van der Waals surface area contributed by atoms with Gasteiger partial charge >= 0.3 is 0 Å². The van der Waals surface area contributed by atoms with Crippen molar-refractivity contribution in [3.8, 4) is 11.4 Å². The Hall–Kier alpha value is -4.06. The van der Waals surface area contributed by atoms with Crippen LogP contribution in [0.25, 0.3) is 11.4 Å². The fraction of sp³-hybridized carbons (Fsp3) is 0.0800. The van der Waals surface area contributed by atoms with E-state index in [1.165, 1.54) is 12.1 Å². The van der Waals surface area contributed by atoms with Gasteiger partial charge in [0.15, 0.2) is 5.82 Å². The Morgan fingerprint density at radius 1 is 0.871 bits per heavy atom. The first-order chi connectivity index (χ1) is 15.0. The van der Waals surface area contributed by atoms with Crippen LogP contribution < -0.4 is 10.6 Å². The minimum Gasteiger partial charge on any atom is -0.340 e. The zero-order chi connectivity index (χ0) is 21.8. The molecule has 0 radical (unpaired) electrons. The van der Waals surface area contributed by atoms with Crippen molar-refractivity contribution in [2.24, 2.45) is 0 Å². The molecule has 0 unspecified atom stereocenters. The largest absolute Gasteiger partial charge is 0.340 e. The number of hydrogen-bond acceptors (Lipinski definition) is 4. The van der Waals surface area contributed by atoms with Crippen molar-refractivity contribution in [3.63, 3.8) is 0 Å². The summed E-state index contributed by atoms with van der Waals surface area (Å²) in [4.78, 5) is 21.2. The van der Waals surface area contributed by atoms with Crippen LogP contribution in [0.3, 0.4) is 0 Å². The molecule has 1 heterocycles. The second kappa shape index (κ2) is 8.75. The van der Waals surface area contributed by atoms with Gasteiger partial charge in [-0.25, -0.2) is 14.4 Å². The molecule has 4 aromatic rings. The number of carbonyl (C=O) groups is 1. The topological polar surface area (TPSA) is 66.9 Å². The van der Waals surface area contributed by atoms with E-state index < -0.39 is 0 Å². The van der Waals surface area contributed by atoms with Gasteiger partial charge in [-0.15, -0.1) is 0 Å². The van der Waals surface area contributed by atoms with Gasteiger partial charge in [0.1, 0.15) is 11.6 Å². The number of aromatic nitrogens is 2. The van der Waals surface area contributed by atoms with E-state index in [4.69, 9.17) is 0 Å². The molecule has 0 spiro atoms. The maximum atomic E-state index is 13.5. The van der Waals surface area contributed by atoms with E-state index in [1.54, 1.807) is 48.7 Å². The highest BCUT2D eigenvalue weighted by atomic mass is 19.1. The van der Waals surface area contributed by atoms with E-state index in [0.717, 1.165) is 22.5 Å². The summed E-state index contributed by atoms with van der Waals surface area (Å²) in [6, 6.07) is 20.9. The Morgan fingerprint density at radius 2 is 1.61 bits per heavy atom. The zero-order valence-corrected chi connectivity index (χ0v) is 17.2. The molecule has 0 saturated carbocycles. The van der Waals surface area contributed by atoms with Crippen molar-refractivity contribution in [2.45, 2.75) is 13.8 Å². The Kier molecular flexibility index (Phi) is 5.71. The third kappa shape index (κ3) is 5.11. The molecular formula is C25H21FN4O. The fourth-order valence-corrected chi connectivity index (χ4v) is 3.30. The number of nitrogens with zero attached hydrogens (tertiary/aromatic N) is 2. The number of benzene rings is 3. The lowest BCUT2D eigenvalue weighted by atomic mass is 10.1. The molecular weight excluding hydrogens is 391 g/mol. The van der Waals surface area contributed by atoms with Crippen molar-refractivity contribution in [3.05, 3.63) is 102 Å². The van der Waals surface area contributed by atoms with Gasteiger partial charge in [-0.3, -0.25) is 4.79 Å². The summed E-state index contributed by atoms with van der Waals surface area (Å²) >= 11 is 0. The minimum absolute atomic E-state index is 0.174. The van der Waals surface area contributed by atoms with Crippen LogP contribution in [0.5, 0.6) is 0 Å². The SMILES string of the molecule is Cc1cc(C)cc(NC(=O)c2ccc(Nc3ccnc(-c4cccc(F)c4)n3)cc2)c1. The molecule has 31 heavy (non-hydrogen) atoms. The lowest BCUT2D eigenvalue weighted by Gasteiger charge is -2.10. The Labute approximate surface area is 180 Å². The Balaban J connectivity index is 1.46. The zero-order valence-electron chi connectivity index (χ0n) is 17.2. The van der Waals surface area contributed by atoms with Crippen molar-refractivity contribution < 1.29 is 9.18 Å². The lowest BCUT2D eigenvalue weighted by molar-refractivity contribution is 0.102. The number of aryl methyl sites for hydroxylation is 2. The Bertz CT molecular complexity index is 1220. The molecule has 0 aliphatic rings. The van der Waals surface area contributed by atoms with Gasteiger partial charge in [0.2, 0.25) is 0 Å². The predicted octanol–water partition coefficient (Wildman–Crippen LogP) is 5.90. The molecule has 6 heteroatoms. The highest BCUT2D eigenvalue weighted by Gasteiger charge is 2.08. The van der Waals surface area contributed by atoms with E-state index in [9.17, 15) is 9.18 Å². The standard InChI is InChI=1S/C25H21FN4O/c1-16-12-17(2)14-22(13-16)29-25(31)18-6-8-21(9-7-18)28-23-10-11-27-24(30-23)19-4-3-5-20(26)15-19/h3-15H,1-2H3,(H,29,31)(H,27,28,30). The van der Waals surface area contributed by atoms with Crippen LogP contribution in [0.2, 0.25) is 0 Å². The number of rotatable bonds is 5. The molecule has 0 fully saturated rings. The van der Waals surface area contributed by atoms with Gasteiger partial charge in [-0.05, 0) is 79.6 Å². The normalized spacial score (nSPS) is 10.5. The molecule has 4 rings (SSSR count). The van der Waals surface area contributed by atoms with E-state index >= 15 is 0 Å². The van der Waals surface area contributed by atoms with Gasteiger partial charge in [0.05, 0.1) is 0 Å². The Morgan fingerprint density at radius 3 is 2.32 bits per heavy atom. The minimum atomic E-state index is -0.339. The lowest BCUT2D eigenvalue weighted by Crippen LogP contribution is -2.12. The second-order valence-corrected chi connectivity index (χ2v) is 7.31. The van der Waals surface area contributed by atoms with E-state index in [-0.39, 0.29) is 11.7 Å². The van der Waals surface area contributed by atoms with Crippen LogP contribution in [0.4, 0.5) is 21.6 Å². The van der Waals surface area contributed by atoms with Gasteiger partial charge < -0.3 is 10.6 Å². The summed E-state index contributed by atoms with van der Waals surface area (Å²) in [5.41, 5.74) is 4.88. The van der Waals surface area contributed by atoms with Gasteiger partial charge in [-0.1, -0.05) is 18.2 Å². The highest BCUT2D eigenvalue weighted by Crippen LogP contribution is 2.21. The third-order valence-electron chi connectivity index (χ3n) is 4.64. The summed E-state index contributed by atoms with van der Waals surface area (Å²) < 4.78 is 13.5. The average Bonchev–Trinajstić information content (AvgIpc) is 2.74. The van der Waals surface area contributed by atoms with Crippen molar-refractivity contribution in [2.75, 3.05) is 10.6 Å². The van der Waals surface area contributed by atoms with Crippen LogP contribution in [0, 0.1) is 19.7 Å². The number of halogens is 1. The van der Waals surface area contributed by atoms with Crippen LogP contribution in [-0.4, -0.2) is 15.9 Å². The van der Waals surface area contributed by atoms with Crippen LogP contribution >= 0.6 is 0 Å². The van der Waals surface area contributed by atoms with Crippen LogP contribution in [0.1, 0.15) is 21.5 Å². The van der Waals surface area contributed by atoms with Crippen molar-refractivity contribution in [1.29, 1.82) is 0 Å². The quantitative estimate of drug-likeness (QED) is 0.429. The molecule has 0 atom stereocenters. The number of anilines is 3. The first kappa shape index (κ1) is 20.2. The maximum absolute atomic E-state index is 13.5. The molecule has 0 saturated heterocycles. The molecule has 0 aliphatic carbocycles. The predicted molar refractivity (Wildman–Crippen MR) is 121 cm³/mol. The van der Waals surface area contributed by atoms with Gasteiger partial charge in [0.25, 0.3) is 5.91 Å². The van der Waals surface area contributed by atoms with E-state index in [1.807, 2.05) is 26.0 Å². The van der Waals surface area contributed by atoms with E-state index in [2.05, 4.69) is 26.7 Å². The van der Waals surface area contributed by atoms with Gasteiger partial charge in [0, 0.05) is 28.7 Å². The highest BCUT2D eigenvalue weighted by molar-refractivity contribution is 6.04. The average molecular weight is 412 g/mol. The van der Waals surface area contributed by atoms with E-state index in [0.29, 0.717) is 22.8 Å². The summed E-state index contributed by atoms with van der Waals surface area (Å²) in [5.74, 6) is 0.483. The molecule has 2 N–H and O–H groups in total. The number of amides is 1. The molecule has 1 aromatic heterocycles. The summed E-state index contributed by atoms with van der Waals surface area (Å²) in [6.07, 6.45) is 1.61. The second-order valence-electron chi connectivity index (χ2n) is 7.31. The number of nitrogens with one attached hydrogen (secondary N) is 2. The fourth-order valence-electron chi connectivity index (χ4n) is 3.30. The summed E-state index contributed by atoms with van der Waals surface area (Å²) in [7, 11) is 0. The monoisotopic (exact) mass is 412 g/mol. The number of carbonyl (C=O) groups excluding carboxylic acids is 1. The van der Waals surface area contributed by atoms with Gasteiger partial charge in [-0.2, -0.15) is 0 Å². The third-order valence-corrected chi connectivity index (χ3v) is 4.64. The molecule has 3 aromatic carbocycles. The molecule has 0 aliphatic heterocycles. The van der Waals surface area contributed by atoms with Crippen molar-refractivity contribution in [1.82, 2.24) is 9.97 Å². The van der Waals surface area contributed by atoms with Crippen LogP contribution in [0.15, 0.2) is 79.0 Å². The first-order valence-corrected chi connectivity index (χ1v) is 9.82. The smallest absolute Gasteiger partial charge is 0.255 e. The molecule has 5 nitrogen and oxygen atoms in total. The molecule has 154 valence electrons. The first-order valence-electron chi connectivity index (χ1n) is 9.82.